The van der Waals surface area contributed by atoms with E-state index in [1.54, 1.807) is 12.1 Å². The molecule has 0 unspecified atom stereocenters. The molecule has 2 aromatic rings. The lowest BCUT2D eigenvalue weighted by molar-refractivity contribution is -0.226. The third-order valence-electron chi connectivity index (χ3n) is 8.82. The molecular weight excluding hydrogens is 569 g/mol. The highest BCUT2D eigenvalue weighted by atomic mass is 19.3. The monoisotopic (exact) mass is 604 g/mol. The summed E-state index contributed by atoms with van der Waals surface area (Å²) in [6, 6.07) is 6.03. The van der Waals surface area contributed by atoms with Crippen molar-refractivity contribution in [3.8, 4) is 11.5 Å². The van der Waals surface area contributed by atoms with E-state index in [2.05, 4.69) is 16.4 Å². The minimum atomic E-state index is -3.78. The van der Waals surface area contributed by atoms with Gasteiger partial charge >= 0.3 is 12.7 Å². The second kappa shape index (κ2) is 13.0. The number of benzene rings is 2. The first-order valence-corrected chi connectivity index (χ1v) is 14.5. The van der Waals surface area contributed by atoms with E-state index >= 15 is 4.39 Å². The van der Waals surface area contributed by atoms with Gasteiger partial charge in [-0.05, 0) is 80.4 Å². The largest absolute Gasteiger partial charge is 0.432 e. The second-order valence-electron chi connectivity index (χ2n) is 11.8. The molecule has 0 amide bonds. The molecule has 2 saturated carbocycles. The Hall–Kier alpha value is -2.53. The third kappa shape index (κ3) is 7.15. The van der Waals surface area contributed by atoms with Gasteiger partial charge in [0.05, 0.1) is 19.1 Å². The fourth-order valence-corrected chi connectivity index (χ4v) is 6.52. The summed E-state index contributed by atoms with van der Waals surface area (Å²) in [5.74, 6) is -6.26. The minimum Gasteiger partial charge on any atom is -0.432 e. The molecule has 5 rings (SSSR count). The number of alkyl halides is 4. The zero-order valence-corrected chi connectivity index (χ0v) is 23.3. The van der Waals surface area contributed by atoms with Crippen LogP contribution in [0.3, 0.4) is 0 Å². The van der Waals surface area contributed by atoms with Crippen molar-refractivity contribution in [1.29, 1.82) is 0 Å². The van der Waals surface area contributed by atoms with Crippen molar-refractivity contribution < 1.29 is 49.7 Å². The van der Waals surface area contributed by atoms with Crippen LogP contribution in [0.2, 0.25) is 0 Å². The zero-order chi connectivity index (χ0) is 30.0. The molecule has 2 aliphatic carbocycles. The molecule has 42 heavy (non-hydrogen) atoms. The molecule has 1 aliphatic heterocycles. The van der Waals surface area contributed by atoms with E-state index < -0.39 is 41.8 Å². The lowest BCUT2D eigenvalue weighted by Gasteiger charge is -2.37. The van der Waals surface area contributed by atoms with Crippen molar-refractivity contribution in [3.63, 3.8) is 0 Å². The lowest BCUT2D eigenvalue weighted by Crippen LogP contribution is -2.37. The van der Waals surface area contributed by atoms with Gasteiger partial charge in [-0.3, -0.25) is 0 Å². The molecule has 1 saturated heterocycles. The van der Waals surface area contributed by atoms with Gasteiger partial charge in [0.2, 0.25) is 0 Å². The minimum absolute atomic E-state index is 0.00446. The number of hydrogen-bond acceptors (Lipinski definition) is 4. The van der Waals surface area contributed by atoms with Crippen molar-refractivity contribution in [1.82, 2.24) is 0 Å². The summed E-state index contributed by atoms with van der Waals surface area (Å²) < 4.78 is 118. The standard InChI is InChI=1S/C31H35F7O4/c1-17-15-39-29(40-16-17)20-4-2-18(3-5-20)21-8-11-24(25(32)12-21)19-6-9-22(10-7-19)31(37,38)42-23-13-26(33)28(27(34)14-23)41-30(35)36/h8,11-14,17-20,22,29-30H,2-7,9-10,15-16H2,1H3. The van der Waals surface area contributed by atoms with Crippen LogP contribution < -0.4 is 9.47 Å². The highest BCUT2D eigenvalue weighted by molar-refractivity contribution is 5.35. The maximum atomic E-state index is 15.3. The van der Waals surface area contributed by atoms with E-state index in [-0.39, 0.29) is 49.6 Å². The van der Waals surface area contributed by atoms with E-state index in [1.807, 2.05) is 6.07 Å². The van der Waals surface area contributed by atoms with Crippen molar-refractivity contribution in [2.75, 3.05) is 13.2 Å². The summed E-state index contributed by atoms with van der Waals surface area (Å²) in [6.07, 6.45) is 0.363. The smallest absolute Gasteiger partial charge is 0.400 e. The van der Waals surface area contributed by atoms with E-state index in [0.29, 0.717) is 42.7 Å². The van der Waals surface area contributed by atoms with Crippen molar-refractivity contribution >= 4 is 0 Å². The normalized spacial score (nSPS) is 29.0. The van der Waals surface area contributed by atoms with E-state index in [0.717, 1.165) is 31.2 Å². The molecule has 0 radical (unpaired) electrons. The van der Waals surface area contributed by atoms with Gasteiger partial charge in [0, 0.05) is 24.0 Å². The van der Waals surface area contributed by atoms with Crippen LogP contribution in [0.15, 0.2) is 30.3 Å². The first-order valence-electron chi connectivity index (χ1n) is 14.5. The predicted molar refractivity (Wildman–Crippen MR) is 139 cm³/mol. The molecule has 0 aromatic heterocycles. The maximum absolute atomic E-state index is 15.3. The van der Waals surface area contributed by atoms with Crippen LogP contribution in [-0.4, -0.2) is 32.2 Å². The zero-order valence-electron chi connectivity index (χ0n) is 23.3. The molecule has 3 aliphatic rings. The fourth-order valence-electron chi connectivity index (χ4n) is 6.52. The quantitative estimate of drug-likeness (QED) is 0.282. The van der Waals surface area contributed by atoms with E-state index in [1.165, 1.54) is 0 Å². The molecule has 1 heterocycles. The molecule has 0 N–H and O–H groups in total. The summed E-state index contributed by atoms with van der Waals surface area (Å²) in [5, 5.41) is 0. The Kier molecular flexibility index (Phi) is 9.56. The number of ether oxygens (including phenoxy) is 4. The second-order valence-corrected chi connectivity index (χ2v) is 11.8. The Morgan fingerprint density at radius 3 is 1.95 bits per heavy atom. The van der Waals surface area contributed by atoms with Gasteiger partial charge in [-0.2, -0.15) is 17.6 Å². The molecule has 0 bridgehead atoms. The third-order valence-corrected chi connectivity index (χ3v) is 8.82. The van der Waals surface area contributed by atoms with Crippen LogP contribution in [0.4, 0.5) is 30.7 Å². The highest BCUT2D eigenvalue weighted by Gasteiger charge is 2.45. The van der Waals surface area contributed by atoms with E-state index in [4.69, 9.17) is 9.47 Å². The Bertz CT molecular complexity index is 1180. The van der Waals surface area contributed by atoms with Gasteiger partial charge in [-0.1, -0.05) is 19.1 Å². The maximum Gasteiger partial charge on any atom is 0.400 e. The summed E-state index contributed by atoms with van der Waals surface area (Å²) >= 11 is 0. The highest BCUT2D eigenvalue weighted by Crippen LogP contribution is 2.45. The first-order chi connectivity index (χ1) is 20.0. The fraction of sp³-hybridized carbons (Fsp3) is 0.613. The van der Waals surface area contributed by atoms with Crippen LogP contribution in [0.1, 0.15) is 81.3 Å². The van der Waals surface area contributed by atoms with Crippen LogP contribution in [0.25, 0.3) is 0 Å². The molecule has 4 nitrogen and oxygen atoms in total. The SMILES string of the molecule is CC1COC(C2CCC(c3ccc(C4CCC(C(F)(F)Oc5cc(F)c(OC(F)F)c(F)c5)CC4)c(F)c3)CC2)OC1. The van der Waals surface area contributed by atoms with E-state index in [9.17, 15) is 26.3 Å². The lowest BCUT2D eigenvalue weighted by atomic mass is 9.76. The van der Waals surface area contributed by atoms with Crippen LogP contribution in [0, 0.1) is 35.2 Å². The van der Waals surface area contributed by atoms with Crippen molar-refractivity contribution in [2.24, 2.45) is 17.8 Å². The molecule has 0 atom stereocenters. The van der Waals surface area contributed by atoms with Gasteiger partial charge in [0.25, 0.3) is 0 Å². The topological polar surface area (TPSA) is 36.9 Å². The summed E-state index contributed by atoms with van der Waals surface area (Å²) in [6.45, 7) is 0.0199. The van der Waals surface area contributed by atoms with Gasteiger partial charge in [-0.15, -0.1) is 0 Å². The Balaban J connectivity index is 1.14. The summed E-state index contributed by atoms with van der Waals surface area (Å²) in [4.78, 5) is 0. The van der Waals surface area contributed by atoms with Crippen molar-refractivity contribution in [2.45, 2.75) is 89.1 Å². The van der Waals surface area contributed by atoms with Gasteiger partial charge in [0.1, 0.15) is 11.6 Å². The van der Waals surface area contributed by atoms with Gasteiger partial charge in [-0.25, -0.2) is 13.2 Å². The Labute approximate surface area is 240 Å². The van der Waals surface area contributed by atoms with Gasteiger partial charge in [0.15, 0.2) is 23.7 Å². The first kappa shape index (κ1) is 30.9. The van der Waals surface area contributed by atoms with Crippen LogP contribution in [-0.2, 0) is 9.47 Å². The van der Waals surface area contributed by atoms with Crippen molar-refractivity contribution in [3.05, 3.63) is 58.9 Å². The molecule has 11 heteroatoms. The molecule has 0 spiro atoms. The number of rotatable bonds is 8. The summed E-state index contributed by atoms with van der Waals surface area (Å²) in [5.41, 5.74) is 1.43. The average molecular weight is 605 g/mol. The predicted octanol–water partition coefficient (Wildman–Crippen LogP) is 8.93. The van der Waals surface area contributed by atoms with Crippen LogP contribution in [0.5, 0.6) is 11.5 Å². The molecule has 3 fully saturated rings. The summed E-state index contributed by atoms with van der Waals surface area (Å²) in [7, 11) is 0. The molecule has 232 valence electrons. The Morgan fingerprint density at radius 2 is 1.38 bits per heavy atom. The number of hydrogen-bond donors (Lipinski definition) is 0. The van der Waals surface area contributed by atoms with Crippen LogP contribution >= 0.6 is 0 Å². The van der Waals surface area contributed by atoms with Gasteiger partial charge < -0.3 is 18.9 Å². The Morgan fingerprint density at radius 1 is 0.786 bits per heavy atom. The molecule has 2 aromatic carbocycles. The number of halogens is 7. The molecular formula is C31H35F7O4. The average Bonchev–Trinajstić information content (AvgIpc) is 2.95.